The normalized spacial score (nSPS) is 14.6. The second-order valence-electron chi connectivity index (χ2n) is 10.7. The van der Waals surface area contributed by atoms with E-state index in [1.807, 2.05) is 36.6 Å². The van der Waals surface area contributed by atoms with Crippen molar-refractivity contribution in [3.05, 3.63) is 53.7 Å². The lowest BCUT2D eigenvalue weighted by molar-refractivity contribution is 0.131. The van der Waals surface area contributed by atoms with Crippen molar-refractivity contribution in [3.63, 3.8) is 0 Å². The molecule has 4 aromatic rings. The van der Waals surface area contributed by atoms with E-state index in [9.17, 15) is 0 Å². The van der Waals surface area contributed by atoms with Gasteiger partial charge in [-0.25, -0.2) is 19.3 Å². The van der Waals surface area contributed by atoms with Gasteiger partial charge in [-0.2, -0.15) is 0 Å². The lowest BCUT2D eigenvalue weighted by Gasteiger charge is -2.34. The van der Waals surface area contributed by atoms with Gasteiger partial charge in [-0.15, -0.1) is 0 Å². The van der Waals surface area contributed by atoms with E-state index in [4.69, 9.17) is 14.5 Å². The van der Waals surface area contributed by atoms with E-state index in [-0.39, 0.29) is 6.04 Å². The summed E-state index contributed by atoms with van der Waals surface area (Å²) in [5, 5.41) is 3.30. The van der Waals surface area contributed by atoms with Crippen molar-refractivity contribution in [2.75, 3.05) is 51.8 Å². The Kier molecular flexibility index (Phi) is 8.70. The smallest absolute Gasteiger partial charge is 0.227 e. The molecule has 0 spiro atoms. The van der Waals surface area contributed by atoms with Crippen molar-refractivity contribution < 1.29 is 13.9 Å². The van der Waals surface area contributed by atoms with Crippen LogP contribution in [0.4, 0.5) is 16.0 Å². The molecule has 218 valence electrons. The number of nitrogens with one attached hydrogen (secondary N) is 1. The molecule has 1 aliphatic heterocycles. The molecule has 5 rings (SSSR count). The lowest BCUT2D eigenvalue weighted by atomic mass is 10.1. The molecule has 1 N–H and O–H groups in total. The Morgan fingerprint density at radius 3 is 2.44 bits per heavy atom. The van der Waals surface area contributed by atoms with Gasteiger partial charge in [0.25, 0.3) is 0 Å². The molecular weight excluding hydrogens is 521 g/mol. The molecule has 0 unspecified atom stereocenters. The number of fused-ring (bicyclic) bond motifs is 1. The summed E-state index contributed by atoms with van der Waals surface area (Å²) in [5.74, 6) is 2.04. The highest BCUT2D eigenvalue weighted by molar-refractivity contribution is 5.84. The van der Waals surface area contributed by atoms with E-state index < -0.39 is 5.82 Å². The molecular formula is C31H40FN7O2. The Morgan fingerprint density at radius 2 is 1.76 bits per heavy atom. The van der Waals surface area contributed by atoms with E-state index in [0.29, 0.717) is 35.1 Å². The van der Waals surface area contributed by atoms with Gasteiger partial charge in [0, 0.05) is 61.6 Å². The molecule has 1 aliphatic rings. The zero-order valence-corrected chi connectivity index (χ0v) is 24.9. The zero-order chi connectivity index (χ0) is 29.1. The zero-order valence-electron chi connectivity index (χ0n) is 24.9. The number of aromatic nitrogens is 4. The van der Waals surface area contributed by atoms with Crippen molar-refractivity contribution in [3.8, 4) is 22.8 Å². The Labute approximate surface area is 241 Å². The van der Waals surface area contributed by atoms with Gasteiger partial charge >= 0.3 is 0 Å². The third kappa shape index (κ3) is 6.13. The van der Waals surface area contributed by atoms with E-state index in [0.717, 1.165) is 67.6 Å². The van der Waals surface area contributed by atoms with E-state index in [2.05, 4.69) is 51.9 Å². The maximum absolute atomic E-state index is 15.2. The number of rotatable bonds is 10. The number of hydrogen-bond acceptors (Lipinski definition) is 8. The summed E-state index contributed by atoms with van der Waals surface area (Å²) < 4.78 is 28.9. The molecule has 0 amide bonds. The fraction of sp³-hybridized carbons (Fsp3) is 0.452. The van der Waals surface area contributed by atoms with Crippen LogP contribution in [0.25, 0.3) is 22.3 Å². The topological polar surface area (TPSA) is 80.6 Å². The standard InChI is InChI=1S/C31H40FN7O2/c1-7-37-11-13-38(14-12-37)19-22-9-10-24(17-27(22)41-8-2)35-31-33-18-28(40-6)29(36-31)23-15-25(32)30-26(16-23)39(20(3)4)21(5)34-30/h9-10,15-18,20H,7-8,11-14,19H2,1-6H3,(H,33,35,36). The fourth-order valence-corrected chi connectivity index (χ4v) is 5.53. The number of methoxy groups -OCH3 is 1. The maximum Gasteiger partial charge on any atom is 0.227 e. The van der Waals surface area contributed by atoms with Crippen LogP contribution < -0.4 is 14.8 Å². The summed E-state index contributed by atoms with van der Waals surface area (Å²) in [5.41, 5.74) is 4.11. The van der Waals surface area contributed by atoms with Gasteiger partial charge < -0.3 is 24.3 Å². The second-order valence-corrected chi connectivity index (χ2v) is 10.7. The highest BCUT2D eigenvalue weighted by Gasteiger charge is 2.20. The lowest BCUT2D eigenvalue weighted by Crippen LogP contribution is -2.45. The highest BCUT2D eigenvalue weighted by Crippen LogP contribution is 2.34. The summed E-state index contributed by atoms with van der Waals surface area (Å²) >= 11 is 0. The maximum atomic E-state index is 15.2. The molecule has 1 fully saturated rings. The number of benzene rings is 2. The monoisotopic (exact) mass is 561 g/mol. The van der Waals surface area contributed by atoms with Crippen LogP contribution in [0.2, 0.25) is 0 Å². The first-order chi connectivity index (χ1) is 19.8. The molecule has 0 saturated carbocycles. The number of ether oxygens (including phenoxy) is 2. The molecule has 3 heterocycles. The van der Waals surface area contributed by atoms with Gasteiger partial charge in [0.05, 0.1) is 25.4 Å². The predicted octanol–water partition coefficient (Wildman–Crippen LogP) is 5.81. The van der Waals surface area contributed by atoms with Crippen molar-refractivity contribution >= 4 is 22.7 Å². The molecule has 2 aromatic carbocycles. The first-order valence-electron chi connectivity index (χ1n) is 14.4. The number of halogens is 1. The van der Waals surface area contributed by atoms with Crippen LogP contribution >= 0.6 is 0 Å². The molecule has 0 bridgehead atoms. The van der Waals surface area contributed by atoms with E-state index in [1.54, 1.807) is 13.3 Å². The molecule has 41 heavy (non-hydrogen) atoms. The van der Waals surface area contributed by atoms with Crippen LogP contribution in [0.1, 0.15) is 45.1 Å². The van der Waals surface area contributed by atoms with Crippen LogP contribution in [0.3, 0.4) is 0 Å². The van der Waals surface area contributed by atoms with Crippen LogP contribution in [0.15, 0.2) is 36.5 Å². The summed E-state index contributed by atoms with van der Waals surface area (Å²) in [7, 11) is 1.56. The van der Waals surface area contributed by atoms with Gasteiger partial charge in [-0.1, -0.05) is 13.0 Å². The summed E-state index contributed by atoms with van der Waals surface area (Å²) in [6.07, 6.45) is 1.60. The molecule has 1 saturated heterocycles. The minimum atomic E-state index is -0.400. The SMILES string of the molecule is CCOc1cc(Nc2ncc(OC)c(-c3cc(F)c4nc(C)n(C(C)C)c4c3)n2)ccc1CN1CCN(CC)CC1. The molecule has 2 aromatic heterocycles. The third-order valence-electron chi connectivity index (χ3n) is 7.62. The Hall–Kier alpha value is -3.76. The minimum Gasteiger partial charge on any atom is -0.493 e. The van der Waals surface area contributed by atoms with Crippen LogP contribution in [0, 0.1) is 12.7 Å². The van der Waals surface area contributed by atoms with Gasteiger partial charge in [0.15, 0.2) is 11.6 Å². The van der Waals surface area contributed by atoms with Crippen LogP contribution in [0.5, 0.6) is 11.5 Å². The molecule has 10 heteroatoms. The van der Waals surface area contributed by atoms with Gasteiger partial charge in [-0.05, 0) is 52.4 Å². The first kappa shape index (κ1) is 28.8. The summed E-state index contributed by atoms with van der Waals surface area (Å²) in [6, 6.07) is 9.60. The predicted molar refractivity (Wildman–Crippen MR) is 161 cm³/mol. The Balaban J connectivity index is 1.43. The summed E-state index contributed by atoms with van der Waals surface area (Å²) in [4.78, 5) is 18.6. The van der Waals surface area contributed by atoms with Gasteiger partial charge in [-0.3, -0.25) is 4.90 Å². The van der Waals surface area contributed by atoms with E-state index in [1.165, 1.54) is 6.07 Å². The number of likely N-dealkylation sites (N-methyl/N-ethyl adjacent to an activating group) is 1. The number of nitrogens with zero attached hydrogens (tertiary/aromatic N) is 6. The van der Waals surface area contributed by atoms with Crippen molar-refractivity contribution in [2.24, 2.45) is 0 Å². The third-order valence-corrected chi connectivity index (χ3v) is 7.62. The number of anilines is 2. The van der Waals surface area contributed by atoms with Crippen molar-refractivity contribution in [1.82, 2.24) is 29.3 Å². The Bertz CT molecular complexity index is 1510. The number of piperazine rings is 1. The molecule has 0 radical (unpaired) electrons. The van der Waals surface area contributed by atoms with Crippen molar-refractivity contribution in [1.29, 1.82) is 0 Å². The molecule has 9 nitrogen and oxygen atoms in total. The second kappa shape index (κ2) is 12.4. The number of aryl methyl sites for hydroxylation is 1. The molecule has 0 atom stereocenters. The quantitative estimate of drug-likeness (QED) is 0.260. The van der Waals surface area contributed by atoms with E-state index >= 15 is 4.39 Å². The largest absolute Gasteiger partial charge is 0.493 e. The average Bonchev–Trinajstić information content (AvgIpc) is 3.31. The fourth-order valence-electron chi connectivity index (χ4n) is 5.53. The minimum absolute atomic E-state index is 0.127. The highest BCUT2D eigenvalue weighted by atomic mass is 19.1. The first-order valence-corrected chi connectivity index (χ1v) is 14.4. The van der Waals surface area contributed by atoms with Gasteiger partial charge in [0.2, 0.25) is 5.95 Å². The molecule has 0 aliphatic carbocycles. The number of imidazole rings is 1. The summed E-state index contributed by atoms with van der Waals surface area (Å²) in [6.45, 7) is 17.0. The number of hydrogen-bond donors (Lipinski definition) is 1. The van der Waals surface area contributed by atoms with Crippen LogP contribution in [-0.2, 0) is 6.54 Å². The average molecular weight is 562 g/mol. The van der Waals surface area contributed by atoms with Crippen LogP contribution in [-0.4, -0.2) is 75.8 Å². The van der Waals surface area contributed by atoms with Gasteiger partial charge in [0.1, 0.15) is 22.8 Å². The van der Waals surface area contributed by atoms with Crippen molar-refractivity contribution in [2.45, 2.75) is 47.2 Å². The Morgan fingerprint density at radius 1 is 1.00 bits per heavy atom.